The second-order valence-corrected chi connectivity index (χ2v) is 31.0. The third kappa shape index (κ3) is 8.16. The molecular weight excluding hydrogens is 591 g/mol. The molecule has 1 aliphatic heterocycles. The molecule has 2 heterocycles. The molecule has 0 spiro atoms. The Morgan fingerprint density at radius 1 is 0.791 bits per heavy atom. The van der Waals surface area contributed by atoms with Crippen LogP contribution in [0.2, 0.25) is 54.4 Å². The first kappa shape index (κ1) is 36.3. The van der Waals surface area contributed by atoms with Gasteiger partial charge in [-0.3, -0.25) is 0 Å². The summed E-state index contributed by atoms with van der Waals surface area (Å²) in [7, 11) is -6.60. The summed E-state index contributed by atoms with van der Waals surface area (Å²) < 4.78 is 29.8. The van der Waals surface area contributed by atoms with Gasteiger partial charge in [-0.1, -0.05) is 92.6 Å². The highest BCUT2D eigenvalue weighted by Gasteiger charge is 2.55. The molecule has 43 heavy (non-hydrogen) atoms. The summed E-state index contributed by atoms with van der Waals surface area (Å²) >= 11 is 0. The molecule has 0 bridgehead atoms. The minimum atomic E-state index is -2.28. The smallest absolute Gasteiger partial charge is 0.192 e. The lowest BCUT2D eigenvalue weighted by Crippen LogP contribution is -2.54. The predicted octanol–water partition coefficient (Wildman–Crippen LogP) is 8.06. The van der Waals surface area contributed by atoms with Gasteiger partial charge in [0.1, 0.15) is 30.7 Å². The molecule has 1 fully saturated rings. The van der Waals surface area contributed by atoms with Crippen molar-refractivity contribution in [1.29, 1.82) is 0 Å². The van der Waals surface area contributed by atoms with E-state index in [0.29, 0.717) is 12.4 Å². The zero-order valence-electron chi connectivity index (χ0n) is 29.5. The molecule has 1 aromatic heterocycles. The number of aliphatic hydroxyl groups excluding tert-OH is 1. The van der Waals surface area contributed by atoms with Gasteiger partial charge in [-0.2, -0.15) is 5.10 Å². The van der Waals surface area contributed by atoms with Crippen LogP contribution in [0.4, 0.5) is 0 Å². The third-order valence-corrected chi connectivity index (χ3v) is 23.8. The van der Waals surface area contributed by atoms with Crippen LogP contribution in [0.5, 0.6) is 0 Å². The van der Waals surface area contributed by atoms with E-state index in [-0.39, 0.29) is 27.3 Å². The Balaban J connectivity index is 2.08. The van der Waals surface area contributed by atoms with Crippen molar-refractivity contribution in [2.45, 2.75) is 147 Å². The first-order valence-electron chi connectivity index (χ1n) is 15.7. The Morgan fingerprint density at radius 2 is 1.28 bits per heavy atom. The highest BCUT2D eigenvalue weighted by atomic mass is 28.4. The van der Waals surface area contributed by atoms with E-state index in [9.17, 15) is 5.11 Å². The van der Waals surface area contributed by atoms with Gasteiger partial charge < -0.3 is 23.1 Å². The number of ether oxygens (including phenoxy) is 1. The van der Waals surface area contributed by atoms with Gasteiger partial charge >= 0.3 is 0 Å². The van der Waals surface area contributed by atoms with Crippen molar-refractivity contribution in [3.05, 3.63) is 48.0 Å². The molecule has 0 aliphatic carbocycles. The van der Waals surface area contributed by atoms with Crippen LogP contribution in [0.3, 0.4) is 0 Å². The summed E-state index contributed by atoms with van der Waals surface area (Å²) in [6.45, 7) is 34.3. The van der Waals surface area contributed by atoms with Crippen molar-refractivity contribution < 1.29 is 23.1 Å². The minimum absolute atomic E-state index is 0.00232. The molecule has 0 saturated carbocycles. The summed E-state index contributed by atoms with van der Waals surface area (Å²) in [4.78, 5) is 4.52. The third-order valence-electron chi connectivity index (χ3n) is 10.3. The Labute approximate surface area is 264 Å². The van der Waals surface area contributed by atoms with Crippen molar-refractivity contribution in [3.8, 4) is 0 Å². The topological polar surface area (TPSA) is 87.9 Å². The van der Waals surface area contributed by atoms with Crippen molar-refractivity contribution in [3.63, 3.8) is 0 Å². The van der Waals surface area contributed by atoms with Crippen LogP contribution >= 0.6 is 0 Å². The van der Waals surface area contributed by atoms with Crippen molar-refractivity contribution in [1.82, 2.24) is 14.8 Å². The van der Waals surface area contributed by atoms with E-state index in [2.05, 4.69) is 107 Å². The van der Waals surface area contributed by atoms with E-state index in [0.717, 1.165) is 5.56 Å². The Kier molecular flexibility index (Phi) is 10.6. The molecule has 1 unspecified atom stereocenters. The summed E-state index contributed by atoms with van der Waals surface area (Å²) in [5.41, 5.74) is 0.737. The van der Waals surface area contributed by atoms with Gasteiger partial charge in [0.15, 0.2) is 37.0 Å². The zero-order valence-corrected chi connectivity index (χ0v) is 32.5. The molecule has 8 nitrogen and oxygen atoms in total. The zero-order chi connectivity index (χ0) is 32.8. The van der Waals surface area contributed by atoms with E-state index in [1.807, 2.05) is 30.3 Å². The van der Waals surface area contributed by atoms with Crippen molar-refractivity contribution in [2.24, 2.45) is 0 Å². The average molecular weight is 650 g/mol. The minimum Gasteiger partial charge on any atom is -0.414 e. The Morgan fingerprint density at radius 3 is 1.77 bits per heavy atom. The molecule has 1 aliphatic rings. The number of aromatic nitrogens is 3. The second kappa shape index (κ2) is 12.5. The first-order chi connectivity index (χ1) is 19.4. The predicted molar refractivity (Wildman–Crippen MR) is 182 cm³/mol. The van der Waals surface area contributed by atoms with Crippen LogP contribution in [0, 0.1) is 0 Å². The van der Waals surface area contributed by atoms with Crippen LogP contribution < -0.4 is 0 Å². The average Bonchev–Trinajstić information content (AvgIpc) is 3.46. The quantitative estimate of drug-likeness (QED) is 0.261. The Hall–Kier alpha value is -1.19. The van der Waals surface area contributed by atoms with Gasteiger partial charge in [0.2, 0.25) is 0 Å². The molecule has 1 saturated heterocycles. The largest absolute Gasteiger partial charge is 0.414 e. The van der Waals surface area contributed by atoms with Gasteiger partial charge in [-0.05, 0) is 60.0 Å². The number of hydrogen-bond donors (Lipinski definition) is 1. The van der Waals surface area contributed by atoms with E-state index in [1.165, 1.54) is 0 Å². The molecule has 0 radical (unpaired) electrons. The molecular formula is C32H59N3O5Si3. The standard InChI is InChI=1S/C32H59N3O5Si3/c1-30(2,3)41(10,11)37-21-24-26(39-42(12,13)31(4,5)6)27(40-43(14,15)32(7,8)9)29(38-24)35-22-33-28(34-35)25(36)23-19-17-16-18-20-23/h16-20,22,24-27,29,36H,21H2,1-15H3/t24-,25?,26-,27-,29-/m1/s1. The molecule has 5 atom stereocenters. The number of aliphatic hydroxyl groups is 1. The number of nitrogens with zero attached hydrogens (tertiary/aromatic N) is 3. The van der Waals surface area contributed by atoms with Gasteiger partial charge in [0.25, 0.3) is 0 Å². The van der Waals surface area contributed by atoms with E-state index >= 15 is 0 Å². The molecule has 244 valence electrons. The van der Waals surface area contributed by atoms with Crippen LogP contribution in [-0.4, -0.2) is 69.7 Å². The lowest BCUT2D eigenvalue weighted by Gasteiger charge is -2.44. The maximum Gasteiger partial charge on any atom is 0.192 e. The fraction of sp³-hybridized carbons (Fsp3) is 0.750. The molecule has 3 rings (SSSR count). The summed E-state index contributed by atoms with van der Waals surface area (Å²) in [6, 6.07) is 9.46. The number of rotatable bonds is 10. The van der Waals surface area contributed by atoms with Crippen molar-refractivity contribution >= 4 is 25.0 Å². The van der Waals surface area contributed by atoms with Crippen LogP contribution in [0.25, 0.3) is 0 Å². The number of benzene rings is 1. The van der Waals surface area contributed by atoms with Crippen LogP contribution in [0.1, 0.15) is 86.0 Å². The summed E-state index contributed by atoms with van der Waals surface area (Å²) in [5.74, 6) is 0.323. The molecule has 2 aromatic rings. The van der Waals surface area contributed by atoms with Gasteiger partial charge in [-0.15, -0.1) is 0 Å². The molecule has 0 amide bonds. The van der Waals surface area contributed by atoms with Crippen LogP contribution in [-0.2, 0) is 18.0 Å². The maximum atomic E-state index is 11.1. The second-order valence-electron chi connectivity index (χ2n) is 16.7. The molecule has 11 heteroatoms. The molecule has 1 aromatic carbocycles. The summed E-state index contributed by atoms with van der Waals surface area (Å²) in [5, 5.41) is 15.9. The number of hydrogen-bond acceptors (Lipinski definition) is 7. The lowest BCUT2D eigenvalue weighted by molar-refractivity contribution is -0.0551. The first-order valence-corrected chi connectivity index (χ1v) is 24.4. The van der Waals surface area contributed by atoms with Crippen LogP contribution in [0.15, 0.2) is 36.7 Å². The SMILES string of the molecule is CC(C)(C)[Si](C)(C)OC[C@H]1O[C@@H](n2cnc(C(O)c3ccccc3)n2)[C@H](O[Si](C)(C)C(C)(C)C)[C@@H]1O[Si](C)(C)C(C)(C)C. The van der Waals surface area contributed by atoms with E-state index < -0.39 is 43.4 Å². The maximum absolute atomic E-state index is 11.1. The summed E-state index contributed by atoms with van der Waals surface area (Å²) in [6.07, 6.45) is -1.01. The molecule has 1 N–H and O–H groups in total. The normalized spacial score (nSPS) is 23.5. The monoisotopic (exact) mass is 649 g/mol. The van der Waals surface area contributed by atoms with Gasteiger partial charge in [0, 0.05) is 0 Å². The Bertz CT molecular complexity index is 1200. The van der Waals surface area contributed by atoms with Gasteiger partial charge in [0.05, 0.1) is 6.61 Å². The fourth-order valence-corrected chi connectivity index (χ4v) is 7.80. The fourth-order valence-electron chi connectivity index (χ4n) is 4.18. The van der Waals surface area contributed by atoms with E-state index in [4.69, 9.17) is 23.1 Å². The van der Waals surface area contributed by atoms with Gasteiger partial charge in [-0.25, -0.2) is 9.67 Å². The van der Waals surface area contributed by atoms with Crippen molar-refractivity contribution in [2.75, 3.05) is 6.61 Å². The highest BCUT2D eigenvalue weighted by molar-refractivity contribution is 6.75. The van der Waals surface area contributed by atoms with E-state index in [1.54, 1.807) is 11.0 Å². The lowest BCUT2D eigenvalue weighted by atomic mass is 10.1. The highest BCUT2D eigenvalue weighted by Crippen LogP contribution is 2.46.